The van der Waals surface area contributed by atoms with E-state index in [0.29, 0.717) is 36.5 Å². The van der Waals surface area contributed by atoms with Crippen LogP contribution in [-0.2, 0) is 21.4 Å². The number of nitrogens with zero attached hydrogens (tertiary/aromatic N) is 3. The summed E-state index contributed by atoms with van der Waals surface area (Å²) >= 11 is 1.46. The molecule has 1 aromatic heterocycles. The van der Waals surface area contributed by atoms with E-state index in [1.807, 2.05) is 36.6 Å². The molecule has 0 bridgehead atoms. The standard InChI is InChI=1S/C24H29N3O5S2/c1-4-27-21-11-8-19(32-5-2)16-22(21)33-24(27)25-23(28)17-12-14-26(15-13-17)34(29,30)20-9-6-18(31-3)7-10-20/h6-11,16-17H,4-5,12-15H2,1-3H3. The molecule has 0 radical (unpaired) electrons. The second kappa shape index (κ2) is 10.3. The van der Waals surface area contributed by atoms with Crippen LogP contribution in [0, 0.1) is 5.92 Å². The summed E-state index contributed by atoms with van der Waals surface area (Å²) in [5, 5.41) is 0. The van der Waals surface area contributed by atoms with Gasteiger partial charge < -0.3 is 14.0 Å². The number of carbonyl (C=O) groups excluding carboxylic acids is 1. The number of ether oxygens (including phenoxy) is 2. The Bertz CT molecular complexity index is 1340. The predicted octanol–water partition coefficient (Wildman–Crippen LogP) is 3.66. The Morgan fingerprint density at radius 3 is 2.38 bits per heavy atom. The molecule has 1 saturated heterocycles. The van der Waals surface area contributed by atoms with Crippen LogP contribution in [0.3, 0.4) is 0 Å². The van der Waals surface area contributed by atoms with Crippen LogP contribution in [0.25, 0.3) is 10.2 Å². The topological polar surface area (TPSA) is 90.2 Å². The number of piperidine rings is 1. The minimum atomic E-state index is -3.61. The zero-order valence-corrected chi connectivity index (χ0v) is 21.2. The molecular formula is C24H29N3O5S2. The zero-order chi connectivity index (χ0) is 24.3. The molecule has 8 nitrogen and oxygen atoms in total. The largest absolute Gasteiger partial charge is 0.497 e. The van der Waals surface area contributed by atoms with Crippen LogP contribution >= 0.6 is 11.3 Å². The fourth-order valence-electron chi connectivity index (χ4n) is 4.13. The third kappa shape index (κ3) is 4.89. The Morgan fingerprint density at radius 2 is 1.76 bits per heavy atom. The van der Waals surface area contributed by atoms with E-state index in [1.165, 1.54) is 22.8 Å². The van der Waals surface area contributed by atoms with E-state index in [2.05, 4.69) is 4.99 Å². The van der Waals surface area contributed by atoms with Gasteiger partial charge in [-0.3, -0.25) is 4.79 Å². The number of aryl methyl sites for hydroxylation is 1. The van der Waals surface area contributed by atoms with Gasteiger partial charge in [0.25, 0.3) is 5.91 Å². The highest BCUT2D eigenvalue weighted by atomic mass is 32.2. The number of benzene rings is 2. The smallest absolute Gasteiger partial charge is 0.251 e. The van der Waals surface area contributed by atoms with Gasteiger partial charge in [-0.25, -0.2) is 8.42 Å². The van der Waals surface area contributed by atoms with Crippen LogP contribution in [0.2, 0.25) is 0 Å². The number of rotatable bonds is 7. The summed E-state index contributed by atoms with van der Waals surface area (Å²) in [4.78, 5) is 18.3. The van der Waals surface area contributed by atoms with Crippen molar-refractivity contribution in [3.05, 3.63) is 47.3 Å². The monoisotopic (exact) mass is 503 g/mol. The Hall–Kier alpha value is -2.69. The molecule has 0 N–H and O–H groups in total. The first kappa shape index (κ1) is 24.4. The molecule has 2 aromatic carbocycles. The molecule has 0 aliphatic carbocycles. The first-order valence-corrected chi connectivity index (χ1v) is 13.6. The summed E-state index contributed by atoms with van der Waals surface area (Å²) in [6.07, 6.45) is 0.895. The molecule has 3 aromatic rings. The lowest BCUT2D eigenvalue weighted by molar-refractivity contribution is -0.122. The number of hydrogen-bond donors (Lipinski definition) is 0. The van der Waals surface area contributed by atoms with Crippen molar-refractivity contribution in [3.63, 3.8) is 0 Å². The first-order chi connectivity index (χ1) is 16.4. The molecule has 1 amide bonds. The van der Waals surface area contributed by atoms with Crippen LogP contribution in [0.4, 0.5) is 0 Å². The van der Waals surface area contributed by atoms with Crippen molar-refractivity contribution in [2.45, 2.75) is 38.1 Å². The SMILES string of the molecule is CCOc1ccc2c(c1)sc(=NC(=O)C1CCN(S(=O)(=O)c3ccc(OC)cc3)CC1)n2CC. The molecule has 0 unspecified atom stereocenters. The Kier molecular flexibility index (Phi) is 7.39. The lowest BCUT2D eigenvalue weighted by Crippen LogP contribution is -2.40. The number of amides is 1. The van der Waals surface area contributed by atoms with Crippen LogP contribution in [0.15, 0.2) is 52.4 Å². The van der Waals surface area contributed by atoms with Crippen LogP contribution in [0.5, 0.6) is 11.5 Å². The summed E-state index contributed by atoms with van der Waals surface area (Å²) in [6, 6.07) is 12.2. The maximum absolute atomic E-state index is 13.0. The van der Waals surface area contributed by atoms with Crippen molar-refractivity contribution in [3.8, 4) is 11.5 Å². The Balaban J connectivity index is 1.49. The molecule has 10 heteroatoms. The van der Waals surface area contributed by atoms with Gasteiger partial charge >= 0.3 is 0 Å². The average molecular weight is 504 g/mol. The quantitative estimate of drug-likeness (QED) is 0.491. The van der Waals surface area contributed by atoms with Gasteiger partial charge in [0.15, 0.2) is 4.80 Å². The van der Waals surface area contributed by atoms with E-state index >= 15 is 0 Å². The fraction of sp³-hybridized carbons (Fsp3) is 0.417. The van der Waals surface area contributed by atoms with Crippen molar-refractivity contribution in [2.24, 2.45) is 10.9 Å². The average Bonchev–Trinajstić information content (AvgIpc) is 3.20. The summed E-state index contributed by atoms with van der Waals surface area (Å²) in [6.45, 7) is 5.83. The lowest BCUT2D eigenvalue weighted by atomic mass is 9.98. The molecule has 1 fully saturated rings. The second-order valence-electron chi connectivity index (χ2n) is 8.00. The van der Waals surface area contributed by atoms with Gasteiger partial charge in [0.2, 0.25) is 10.0 Å². The van der Waals surface area contributed by atoms with Crippen molar-refractivity contribution in [1.29, 1.82) is 0 Å². The van der Waals surface area contributed by atoms with Gasteiger partial charge in [0, 0.05) is 25.6 Å². The van der Waals surface area contributed by atoms with E-state index in [0.717, 1.165) is 16.0 Å². The second-order valence-corrected chi connectivity index (χ2v) is 10.9. The van der Waals surface area contributed by atoms with Crippen LogP contribution in [0.1, 0.15) is 26.7 Å². The number of aromatic nitrogens is 1. The molecule has 1 aliphatic rings. The highest BCUT2D eigenvalue weighted by molar-refractivity contribution is 7.89. The minimum Gasteiger partial charge on any atom is -0.497 e. The molecule has 0 spiro atoms. The van der Waals surface area contributed by atoms with Crippen molar-refractivity contribution >= 4 is 37.5 Å². The Morgan fingerprint density at radius 1 is 1.09 bits per heavy atom. The molecule has 182 valence electrons. The normalized spacial score (nSPS) is 16.1. The molecular weight excluding hydrogens is 474 g/mol. The van der Waals surface area contributed by atoms with Gasteiger partial charge in [-0.15, -0.1) is 0 Å². The van der Waals surface area contributed by atoms with Crippen LogP contribution < -0.4 is 14.3 Å². The third-order valence-electron chi connectivity index (χ3n) is 5.99. The highest BCUT2D eigenvalue weighted by Crippen LogP contribution is 2.27. The van der Waals surface area contributed by atoms with Gasteiger partial charge in [0.1, 0.15) is 11.5 Å². The number of methoxy groups -OCH3 is 1. The van der Waals surface area contributed by atoms with Gasteiger partial charge in [-0.2, -0.15) is 9.30 Å². The maximum Gasteiger partial charge on any atom is 0.251 e. The molecule has 4 rings (SSSR count). The van der Waals surface area contributed by atoms with Crippen molar-refractivity contribution in [2.75, 3.05) is 26.8 Å². The number of sulfonamides is 1. The van der Waals surface area contributed by atoms with Crippen LogP contribution in [-0.4, -0.2) is 50.0 Å². The van der Waals surface area contributed by atoms with E-state index in [9.17, 15) is 13.2 Å². The lowest BCUT2D eigenvalue weighted by Gasteiger charge is -2.29. The van der Waals surface area contributed by atoms with Gasteiger partial charge in [-0.1, -0.05) is 11.3 Å². The molecule has 2 heterocycles. The number of thiazole rings is 1. The maximum atomic E-state index is 13.0. The molecule has 0 saturated carbocycles. The third-order valence-corrected chi connectivity index (χ3v) is 8.94. The van der Waals surface area contributed by atoms with Gasteiger partial charge in [0.05, 0.1) is 28.8 Å². The van der Waals surface area contributed by atoms with E-state index < -0.39 is 10.0 Å². The number of hydrogen-bond acceptors (Lipinski definition) is 6. The van der Waals surface area contributed by atoms with Crippen molar-refractivity contribution < 1.29 is 22.7 Å². The summed E-state index contributed by atoms with van der Waals surface area (Å²) in [7, 11) is -2.07. The van der Waals surface area contributed by atoms with Gasteiger partial charge in [-0.05, 0) is 69.2 Å². The molecule has 0 atom stereocenters. The minimum absolute atomic E-state index is 0.194. The van der Waals surface area contributed by atoms with Crippen molar-refractivity contribution in [1.82, 2.24) is 8.87 Å². The molecule has 1 aliphatic heterocycles. The van der Waals surface area contributed by atoms with E-state index in [-0.39, 0.29) is 29.8 Å². The van der Waals surface area contributed by atoms with E-state index in [4.69, 9.17) is 9.47 Å². The fourth-order valence-corrected chi connectivity index (χ4v) is 6.72. The first-order valence-electron chi connectivity index (χ1n) is 11.4. The highest BCUT2D eigenvalue weighted by Gasteiger charge is 2.32. The number of carbonyl (C=O) groups is 1. The summed E-state index contributed by atoms with van der Waals surface area (Å²) in [5.74, 6) is 0.907. The predicted molar refractivity (Wildman–Crippen MR) is 132 cm³/mol. The number of fused-ring (bicyclic) bond motifs is 1. The zero-order valence-electron chi connectivity index (χ0n) is 19.6. The summed E-state index contributed by atoms with van der Waals surface area (Å²) in [5.41, 5.74) is 1.02. The van der Waals surface area contributed by atoms with E-state index in [1.54, 1.807) is 24.3 Å². The summed E-state index contributed by atoms with van der Waals surface area (Å²) < 4.78 is 41.1. The Labute approximate surface area is 203 Å². The molecule has 34 heavy (non-hydrogen) atoms.